The lowest BCUT2D eigenvalue weighted by atomic mass is 10.0. The number of aromatic amines is 1. The van der Waals surface area contributed by atoms with E-state index in [0.29, 0.717) is 25.1 Å². The summed E-state index contributed by atoms with van der Waals surface area (Å²) in [6.07, 6.45) is 4.63. The van der Waals surface area contributed by atoms with Gasteiger partial charge in [0.1, 0.15) is 24.2 Å². The van der Waals surface area contributed by atoms with Crippen LogP contribution in [0.4, 0.5) is 0 Å². The molecule has 0 bridgehead atoms. The van der Waals surface area contributed by atoms with E-state index in [1.165, 1.54) is 12.5 Å². The average molecular weight is 653 g/mol. The van der Waals surface area contributed by atoms with E-state index in [1.54, 1.807) is 0 Å². The van der Waals surface area contributed by atoms with Gasteiger partial charge in [-0.25, -0.2) is 9.78 Å². The van der Waals surface area contributed by atoms with Gasteiger partial charge in [0, 0.05) is 31.4 Å². The van der Waals surface area contributed by atoms with E-state index in [2.05, 4.69) is 41.2 Å². The fraction of sp³-hybridized carbons (Fsp3) is 0.615. The molecule has 0 aliphatic carbocycles. The predicted octanol–water partition coefficient (Wildman–Crippen LogP) is -4.83. The lowest BCUT2D eigenvalue weighted by molar-refractivity contribution is -0.142. The van der Waals surface area contributed by atoms with Gasteiger partial charge in [0.2, 0.25) is 23.6 Å². The number of carbonyl (C=O) groups excluding carboxylic acids is 4. The number of rotatable bonds is 23. The van der Waals surface area contributed by atoms with Gasteiger partial charge in [-0.1, -0.05) is 0 Å². The fourth-order valence-electron chi connectivity index (χ4n) is 4.19. The van der Waals surface area contributed by atoms with E-state index in [9.17, 15) is 29.1 Å². The summed E-state index contributed by atoms with van der Waals surface area (Å²) in [6, 6.07) is -4.75. The van der Waals surface area contributed by atoms with Crippen molar-refractivity contribution in [1.29, 1.82) is 0 Å². The Balaban J connectivity index is 3.16. The Morgan fingerprint density at radius 3 is 1.70 bits per heavy atom. The average Bonchev–Trinajstić information content (AvgIpc) is 3.51. The molecule has 18 N–H and O–H groups in total. The number of hydrogen-bond acceptors (Lipinski definition) is 10. The second kappa shape index (κ2) is 21.7. The van der Waals surface area contributed by atoms with Crippen LogP contribution in [-0.2, 0) is 30.4 Å². The zero-order chi connectivity index (χ0) is 34.5. The molecule has 0 unspecified atom stereocenters. The molecule has 0 fully saturated rings. The number of nitrogens with one attached hydrogen (secondary N) is 5. The normalized spacial score (nSPS) is 13.3. The number of imidazole rings is 1. The summed E-state index contributed by atoms with van der Waals surface area (Å²) >= 11 is 0. The summed E-state index contributed by atoms with van der Waals surface area (Å²) in [5.41, 5.74) is 32.9. The lowest BCUT2D eigenvalue weighted by Crippen LogP contribution is -2.58. The third-order valence-electron chi connectivity index (χ3n) is 6.53. The first-order valence-corrected chi connectivity index (χ1v) is 14.8. The van der Waals surface area contributed by atoms with Crippen LogP contribution >= 0.6 is 0 Å². The minimum Gasteiger partial charge on any atom is -0.480 e. The van der Waals surface area contributed by atoms with Gasteiger partial charge < -0.3 is 65.8 Å². The molecule has 1 aromatic rings. The summed E-state index contributed by atoms with van der Waals surface area (Å²) in [7, 11) is 0. The van der Waals surface area contributed by atoms with E-state index < -0.39 is 53.8 Å². The number of H-pyrrole nitrogens is 1. The van der Waals surface area contributed by atoms with Gasteiger partial charge in [-0.15, -0.1) is 0 Å². The zero-order valence-electron chi connectivity index (χ0n) is 25.7. The number of unbranched alkanes of at least 4 members (excludes halogenated alkanes) is 1. The van der Waals surface area contributed by atoms with Crippen LogP contribution in [0.5, 0.6) is 0 Å². The topological polar surface area (TPSA) is 363 Å². The Bertz CT molecular complexity index is 1170. The van der Waals surface area contributed by atoms with E-state index in [1.807, 2.05) is 0 Å². The fourth-order valence-corrected chi connectivity index (χ4v) is 4.19. The maximum Gasteiger partial charge on any atom is 0.326 e. The molecular weight excluding hydrogens is 604 g/mol. The number of aliphatic carboxylic acids is 1. The monoisotopic (exact) mass is 652 g/mol. The highest BCUT2D eigenvalue weighted by Gasteiger charge is 2.31. The first kappa shape index (κ1) is 39.0. The zero-order valence-corrected chi connectivity index (χ0v) is 25.7. The molecule has 1 heterocycles. The van der Waals surface area contributed by atoms with Crippen LogP contribution in [0.1, 0.15) is 50.6 Å². The summed E-state index contributed by atoms with van der Waals surface area (Å²) in [4.78, 5) is 78.5. The van der Waals surface area contributed by atoms with Gasteiger partial charge in [0.05, 0.1) is 12.9 Å². The van der Waals surface area contributed by atoms with Crippen LogP contribution in [-0.4, -0.2) is 107 Å². The van der Waals surface area contributed by atoms with Crippen molar-refractivity contribution in [2.24, 2.45) is 44.4 Å². The molecule has 20 heteroatoms. The number of aromatic nitrogens is 2. The molecule has 0 aliphatic heterocycles. The van der Waals surface area contributed by atoms with Crippen LogP contribution in [0.25, 0.3) is 0 Å². The van der Waals surface area contributed by atoms with Crippen molar-refractivity contribution in [3.05, 3.63) is 18.2 Å². The van der Waals surface area contributed by atoms with Gasteiger partial charge in [-0.05, 0) is 51.5 Å². The van der Waals surface area contributed by atoms with Crippen molar-refractivity contribution in [1.82, 2.24) is 31.2 Å². The number of hydrogen-bond donors (Lipinski definition) is 12. The number of carboxylic acids is 1. The van der Waals surface area contributed by atoms with E-state index in [0.717, 1.165) is 0 Å². The summed E-state index contributed by atoms with van der Waals surface area (Å²) in [5.74, 6) is -4.35. The maximum atomic E-state index is 13.6. The SMILES string of the molecule is NCCCC[C@H](NC(=O)[C@H](Cc1cnc[nH]1)NC(=O)CN)C(=O)N[C@@H](CCCN=C(N)N)C(=O)N[C@@H](CCCN=C(N)N)C(=O)O. The quantitative estimate of drug-likeness (QED) is 0.0300. The molecule has 46 heavy (non-hydrogen) atoms. The lowest BCUT2D eigenvalue weighted by Gasteiger charge is -2.26. The van der Waals surface area contributed by atoms with Gasteiger partial charge in [0.25, 0.3) is 0 Å². The number of nitrogens with two attached hydrogens (primary N) is 6. The predicted molar refractivity (Wildman–Crippen MR) is 169 cm³/mol. The number of carbonyl (C=O) groups is 5. The first-order valence-electron chi connectivity index (χ1n) is 14.8. The van der Waals surface area contributed by atoms with E-state index >= 15 is 0 Å². The number of carboxylic acid groups (broad SMARTS) is 1. The molecular formula is C26H48N14O6. The third kappa shape index (κ3) is 16.2. The smallest absolute Gasteiger partial charge is 0.326 e. The first-order chi connectivity index (χ1) is 21.9. The molecule has 1 aromatic heterocycles. The molecule has 0 saturated heterocycles. The number of aliphatic imine (C=N–C) groups is 2. The Labute approximate surface area is 266 Å². The van der Waals surface area contributed by atoms with Crippen molar-refractivity contribution in [2.75, 3.05) is 26.2 Å². The Morgan fingerprint density at radius 1 is 0.739 bits per heavy atom. The Morgan fingerprint density at radius 2 is 1.24 bits per heavy atom. The maximum absolute atomic E-state index is 13.6. The summed E-state index contributed by atoms with van der Waals surface area (Å²) in [5, 5.41) is 19.9. The number of guanidine groups is 2. The molecule has 1 rings (SSSR count). The standard InChI is InChI=1S/C26H48N14O6/c27-8-2-1-5-16(39-23(44)19(37-20(41)12-28)11-15-13-33-14-36-15)21(42)38-17(6-3-9-34-25(29)30)22(43)40-18(24(45)46)7-4-10-35-26(31)32/h13-14,16-19H,1-12,27-28H2,(H,33,36)(H,37,41)(H,38,42)(H,39,44)(H,40,43)(H,45,46)(H4,29,30,34)(H4,31,32,35)/t16-,17-,18-,19-/m0/s1. The van der Waals surface area contributed by atoms with Gasteiger partial charge in [-0.2, -0.15) is 0 Å². The summed E-state index contributed by atoms with van der Waals surface area (Å²) in [6.45, 7) is 0.260. The number of amides is 4. The van der Waals surface area contributed by atoms with Crippen molar-refractivity contribution in [2.45, 2.75) is 75.5 Å². The van der Waals surface area contributed by atoms with Crippen LogP contribution in [0.15, 0.2) is 22.5 Å². The molecule has 0 saturated carbocycles. The van der Waals surface area contributed by atoms with Crippen molar-refractivity contribution < 1.29 is 29.1 Å². The van der Waals surface area contributed by atoms with Crippen molar-refractivity contribution in [3.8, 4) is 0 Å². The molecule has 0 aliphatic rings. The van der Waals surface area contributed by atoms with Crippen molar-refractivity contribution in [3.63, 3.8) is 0 Å². The molecule has 0 aromatic carbocycles. The highest BCUT2D eigenvalue weighted by Crippen LogP contribution is 2.08. The van der Waals surface area contributed by atoms with Gasteiger partial charge >= 0.3 is 5.97 Å². The van der Waals surface area contributed by atoms with Gasteiger partial charge in [-0.3, -0.25) is 29.2 Å². The minimum atomic E-state index is -1.30. The Kier molecular flexibility index (Phi) is 18.4. The van der Waals surface area contributed by atoms with Crippen LogP contribution in [0.2, 0.25) is 0 Å². The van der Waals surface area contributed by atoms with Gasteiger partial charge in [0.15, 0.2) is 11.9 Å². The second-order valence-corrected chi connectivity index (χ2v) is 10.3. The minimum absolute atomic E-state index is 0.0104. The molecule has 4 atom stereocenters. The molecule has 20 nitrogen and oxygen atoms in total. The van der Waals surface area contributed by atoms with Crippen LogP contribution in [0, 0.1) is 0 Å². The Hall–Kier alpha value is -4.98. The molecule has 258 valence electrons. The molecule has 0 radical (unpaired) electrons. The van der Waals surface area contributed by atoms with Crippen LogP contribution in [0.3, 0.4) is 0 Å². The van der Waals surface area contributed by atoms with E-state index in [-0.39, 0.29) is 70.1 Å². The highest BCUT2D eigenvalue weighted by molar-refractivity contribution is 5.95. The summed E-state index contributed by atoms with van der Waals surface area (Å²) < 4.78 is 0. The highest BCUT2D eigenvalue weighted by atomic mass is 16.4. The number of nitrogens with zero attached hydrogens (tertiary/aromatic N) is 3. The van der Waals surface area contributed by atoms with E-state index in [4.69, 9.17) is 34.4 Å². The second-order valence-electron chi connectivity index (χ2n) is 10.3. The third-order valence-corrected chi connectivity index (χ3v) is 6.53. The largest absolute Gasteiger partial charge is 0.480 e. The molecule has 4 amide bonds. The molecule has 0 spiro atoms. The van der Waals surface area contributed by atoms with Crippen LogP contribution < -0.4 is 55.7 Å². The van der Waals surface area contributed by atoms with Crippen molar-refractivity contribution >= 4 is 41.5 Å².